The maximum absolute atomic E-state index is 11.7. The van der Waals surface area contributed by atoms with E-state index in [4.69, 9.17) is 5.73 Å². The average molecular weight is 266 g/mol. The predicted molar refractivity (Wildman–Crippen MR) is 66.5 cm³/mol. The second kappa shape index (κ2) is 10.2. The molecule has 0 radical (unpaired) electrons. The van der Waals surface area contributed by atoms with Crippen molar-refractivity contribution in [2.24, 2.45) is 11.7 Å². The van der Waals surface area contributed by atoms with Crippen molar-refractivity contribution in [3.63, 3.8) is 0 Å². The normalized spacial score (nSPS) is 14.6. The summed E-state index contributed by atoms with van der Waals surface area (Å²) in [4.78, 5) is 11.6. The van der Waals surface area contributed by atoms with Crippen LogP contribution in [0.25, 0.3) is 0 Å². The predicted octanol–water partition coefficient (Wildman–Crippen LogP) is 1.54. The maximum atomic E-state index is 11.7. The Labute approximate surface area is 107 Å². The molecule has 18 heavy (non-hydrogen) atoms. The second-order valence-electron chi connectivity index (χ2n) is 4.57. The van der Waals surface area contributed by atoms with E-state index in [9.17, 15) is 13.6 Å². The number of rotatable bonds is 10. The molecule has 2 unspecified atom stereocenters. The van der Waals surface area contributed by atoms with Crippen LogP contribution < -0.4 is 11.1 Å². The topological polar surface area (TPSA) is 64.4 Å². The van der Waals surface area contributed by atoms with Gasteiger partial charge in [-0.15, -0.1) is 0 Å². The fourth-order valence-corrected chi connectivity index (χ4v) is 1.47. The molecule has 0 aromatic heterocycles. The summed E-state index contributed by atoms with van der Waals surface area (Å²) in [6, 6.07) is 0.156. The number of ether oxygens (including phenoxy) is 1. The summed E-state index contributed by atoms with van der Waals surface area (Å²) in [6.07, 6.45) is 0.131. The van der Waals surface area contributed by atoms with Gasteiger partial charge in [0.2, 0.25) is 5.91 Å². The highest BCUT2D eigenvalue weighted by Gasteiger charge is 2.12. The van der Waals surface area contributed by atoms with E-state index in [0.29, 0.717) is 0 Å². The minimum Gasteiger partial charge on any atom is -0.374 e. The van der Waals surface area contributed by atoms with Gasteiger partial charge in [-0.25, -0.2) is 8.78 Å². The first-order chi connectivity index (χ1) is 8.43. The molecule has 4 nitrogen and oxygen atoms in total. The minimum absolute atomic E-state index is 0.0691. The molecule has 0 aromatic rings. The molecule has 0 saturated heterocycles. The molecule has 3 N–H and O–H groups in total. The number of alkyl halides is 2. The summed E-state index contributed by atoms with van der Waals surface area (Å²) >= 11 is 0. The van der Waals surface area contributed by atoms with Crippen LogP contribution in [0.3, 0.4) is 0 Å². The van der Waals surface area contributed by atoms with Crippen LogP contribution in [-0.2, 0) is 9.53 Å². The van der Waals surface area contributed by atoms with Gasteiger partial charge in [-0.05, 0) is 19.8 Å². The number of hydrogen-bond donors (Lipinski definition) is 2. The quantitative estimate of drug-likeness (QED) is 0.589. The lowest BCUT2D eigenvalue weighted by Crippen LogP contribution is -2.32. The van der Waals surface area contributed by atoms with Gasteiger partial charge >= 0.3 is 0 Å². The zero-order valence-electron chi connectivity index (χ0n) is 11.1. The molecule has 0 saturated carbocycles. The summed E-state index contributed by atoms with van der Waals surface area (Å²) in [6.45, 7) is 3.58. The van der Waals surface area contributed by atoms with Crippen molar-refractivity contribution in [1.29, 1.82) is 0 Å². The van der Waals surface area contributed by atoms with Gasteiger partial charge in [0, 0.05) is 18.5 Å². The Kier molecular flexibility index (Phi) is 9.77. The maximum Gasteiger partial charge on any atom is 0.261 e. The molecule has 0 aromatic carbocycles. The van der Waals surface area contributed by atoms with Crippen LogP contribution in [0.2, 0.25) is 0 Å². The van der Waals surface area contributed by atoms with E-state index in [2.05, 4.69) is 10.1 Å². The Morgan fingerprint density at radius 1 is 1.33 bits per heavy atom. The molecule has 2 atom stereocenters. The molecule has 1 amide bonds. The number of carbonyl (C=O) groups excluding carboxylic acids is 1. The van der Waals surface area contributed by atoms with Crippen molar-refractivity contribution in [1.82, 2.24) is 5.32 Å². The van der Waals surface area contributed by atoms with Gasteiger partial charge in [-0.3, -0.25) is 4.79 Å². The molecular weight excluding hydrogens is 242 g/mol. The molecule has 0 aliphatic rings. The Morgan fingerprint density at radius 3 is 2.56 bits per heavy atom. The lowest BCUT2D eigenvalue weighted by atomic mass is 10.0. The number of amides is 1. The summed E-state index contributed by atoms with van der Waals surface area (Å²) in [5.74, 6) is -0.154. The number of halogens is 2. The van der Waals surface area contributed by atoms with Crippen molar-refractivity contribution in [3.05, 3.63) is 0 Å². The Morgan fingerprint density at radius 2 is 2.00 bits per heavy atom. The van der Waals surface area contributed by atoms with Gasteiger partial charge in [0.1, 0.15) is 6.61 Å². The molecule has 0 spiro atoms. The minimum atomic E-state index is -2.46. The Balaban J connectivity index is 3.50. The van der Waals surface area contributed by atoms with Gasteiger partial charge in [0.05, 0.1) is 6.61 Å². The van der Waals surface area contributed by atoms with Crippen molar-refractivity contribution in [3.8, 4) is 0 Å². The zero-order chi connectivity index (χ0) is 14.0. The van der Waals surface area contributed by atoms with Crippen LogP contribution in [0.5, 0.6) is 0 Å². The standard InChI is InChI=1S/C12H24F2N2O2/c1-9(4-3-5-10(2)15)12(17)16-6-7-18-8-11(13)14/h9-11H,3-8,15H2,1-2H3,(H,16,17). The van der Waals surface area contributed by atoms with Gasteiger partial charge < -0.3 is 15.8 Å². The molecule has 0 heterocycles. The third kappa shape index (κ3) is 10.4. The molecule has 0 aliphatic heterocycles. The van der Waals surface area contributed by atoms with Crippen molar-refractivity contribution in [2.45, 2.75) is 45.6 Å². The first-order valence-electron chi connectivity index (χ1n) is 6.32. The van der Waals surface area contributed by atoms with E-state index < -0.39 is 13.0 Å². The number of carbonyl (C=O) groups is 1. The fourth-order valence-electron chi connectivity index (χ4n) is 1.47. The third-order valence-corrected chi connectivity index (χ3v) is 2.53. The summed E-state index contributed by atoms with van der Waals surface area (Å²) in [5, 5.41) is 2.65. The van der Waals surface area contributed by atoms with E-state index >= 15 is 0 Å². The monoisotopic (exact) mass is 266 g/mol. The molecule has 0 fully saturated rings. The van der Waals surface area contributed by atoms with Crippen molar-refractivity contribution < 1.29 is 18.3 Å². The van der Waals surface area contributed by atoms with Crippen molar-refractivity contribution >= 4 is 5.91 Å². The molecule has 0 rings (SSSR count). The fraction of sp³-hybridized carbons (Fsp3) is 0.917. The highest BCUT2D eigenvalue weighted by atomic mass is 19.3. The summed E-state index contributed by atoms with van der Waals surface area (Å²) in [5.41, 5.74) is 5.61. The largest absolute Gasteiger partial charge is 0.374 e. The lowest BCUT2D eigenvalue weighted by molar-refractivity contribution is -0.125. The van der Waals surface area contributed by atoms with Gasteiger partial charge in [0.15, 0.2) is 0 Å². The first kappa shape index (κ1) is 17.2. The van der Waals surface area contributed by atoms with Gasteiger partial charge in [0.25, 0.3) is 6.43 Å². The number of nitrogens with two attached hydrogens (primary N) is 1. The van der Waals surface area contributed by atoms with Crippen molar-refractivity contribution in [2.75, 3.05) is 19.8 Å². The van der Waals surface area contributed by atoms with E-state index in [1.54, 1.807) is 0 Å². The molecule has 0 bridgehead atoms. The number of hydrogen-bond acceptors (Lipinski definition) is 3. The Hall–Kier alpha value is -0.750. The summed E-state index contributed by atoms with van der Waals surface area (Å²) < 4.78 is 28.1. The zero-order valence-corrected chi connectivity index (χ0v) is 11.1. The highest BCUT2D eigenvalue weighted by molar-refractivity contribution is 5.78. The van der Waals surface area contributed by atoms with Crippen LogP contribution in [0.4, 0.5) is 8.78 Å². The van der Waals surface area contributed by atoms with E-state index in [-0.39, 0.29) is 31.0 Å². The Bertz CT molecular complexity index is 226. The SMILES string of the molecule is CC(N)CCCC(C)C(=O)NCCOCC(F)F. The van der Waals surface area contributed by atoms with E-state index in [1.807, 2.05) is 13.8 Å². The molecule has 108 valence electrons. The van der Waals surface area contributed by atoms with E-state index in [0.717, 1.165) is 19.3 Å². The van der Waals surface area contributed by atoms with E-state index in [1.165, 1.54) is 0 Å². The highest BCUT2D eigenvalue weighted by Crippen LogP contribution is 2.08. The molecule has 6 heteroatoms. The van der Waals surface area contributed by atoms with Crippen LogP contribution in [-0.4, -0.2) is 38.1 Å². The van der Waals surface area contributed by atoms with Gasteiger partial charge in [-0.2, -0.15) is 0 Å². The van der Waals surface area contributed by atoms with Crippen LogP contribution in [0.15, 0.2) is 0 Å². The third-order valence-electron chi connectivity index (χ3n) is 2.53. The molecular formula is C12H24F2N2O2. The smallest absolute Gasteiger partial charge is 0.261 e. The second-order valence-corrected chi connectivity index (χ2v) is 4.57. The van der Waals surface area contributed by atoms with Gasteiger partial charge in [-0.1, -0.05) is 13.3 Å². The average Bonchev–Trinajstić information content (AvgIpc) is 2.27. The summed E-state index contributed by atoms with van der Waals surface area (Å²) in [7, 11) is 0. The first-order valence-corrected chi connectivity index (χ1v) is 6.32. The number of nitrogens with one attached hydrogen (secondary N) is 1. The van der Waals surface area contributed by atoms with Crippen LogP contribution in [0.1, 0.15) is 33.1 Å². The lowest BCUT2D eigenvalue weighted by Gasteiger charge is -2.13. The molecule has 0 aliphatic carbocycles. The van der Waals surface area contributed by atoms with Crippen LogP contribution in [0, 0.1) is 5.92 Å². The van der Waals surface area contributed by atoms with Crippen LogP contribution >= 0.6 is 0 Å².